The molecule has 0 spiro atoms. The predicted molar refractivity (Wildman–Crippen MR) is 111 cm³/mol. The standard InChI is InChI=1S/C20H31N5O2S/c1-22-6-4-8-24(10-9-22)19(26)18-17(25-11-12-28-20(25)21-18)14-23-7-3-5-16(13-23)15-27-2/h11-12,16H,3-10,13-15H2,1-2H3/t16-/m1/s1. The highest BCUT2D eigenvalue weighted by atomic mass is 32.1. The largest absolute Gasteiger partial charge is 0.384 e. The van der Waals surface area contributed by atoms with Crippen LogP contribution in [0, 0.1) is 5.92 Å². The molecule has 4 heterocycles. The summed E-state index contributed by atoms with van der Waals surface area (Å²) in [5.74, 6) is 0.664. The summed E-state index contributed by atoms with van der Waals surface area (Å²) in [7, 11) is 3.90. The maximum Gasteiger partial charge on any atom is 0.274 e. The van der Waals surface area contributed by atoms with Crippen LogP contribution in [0.4, 0.5) is 0 Å². The van der Waals surface area contributed by atoms with E-state index < -0.39 is 0 Å². The highest BCUT2D eigenvalue weighted by Crippen LogP contribution is 2.24. The lowest BCUT2D eigenvalue weighted by molar-refractivity contribution is 0.0746. The summed E-state index contributed by atoms with van der Waals surface area (Å²) < 4.78 is 7.49. The molecule has 7 nitrogen and oxygen atoms in total. The molecule has 8 heteroatoms. The van der Waals surface area contributed by atoms with Crippen molar-refractivity contribution < 1.29 is 9.53 Å². The molecule has 0 bridgehead atoms. The Morgan fingerprint density at radius 1 is 1.25 bits per heavy atom. The number of likely N-dealkylation sites (tertiary alicyclic amines) is 1. The van der Waals surface area contributed by atoms with Crippen molar-refractivity contribution in [3.05, 3.63) is 23.0 Å². The SMILES string of the molecule is COC[C@@H]1CCCN(Cc2c(C(=O)N3CCCN(C)CC3)nc3sccn23)C1. The number of fused-ring (bicyclic) bond motifs is 1. The Morgan fingerprint density at radius 3 is 3.00 bits per heavy atom. The van der Waals surface area contributed by atoms with Crippen molar-refractivity contribution in [2.24, 2.45) is 5.92 Å². The highest BCUT2D eigenvalue weighted by molar-refractivity contribution is 7.15. The summed E-state index contributed by atoms with van der Waals surface area (Å²) in [5.41, 5.74) is 1.68. The summed E-state index contributed by atoms with van der Waals surface area (Å²) in [6, 6.07) is 0. The highest BCUT2D eigenvalue weighted by Gasteiger charge is 2.28. The number of nitrogens with zero attached hydrogens (tertiary/aromatic N) is 5. The Labute approximate surface area is 170 Å². The van der Waals surface area contributed by atoms with Gasteiger partial charge in [0.05, 0.1) is 12.3 Å². The summed E-state index contributed by atoms with van der Waals surface area (Å²) in [5, 5.41) is 2.05. The van der Waals surface area contributed by atoms with Gasteiger partial charge in [0.1, 0.15) is 0 Å². The maximum absolute atomic E-state index is 13.4. The fourth-order valence-electron chi connectivity index (χ4n) is 4.43. The van der Waals surface area contributed by atoms with E-state index in [1.54, 1.807) is 18.4 Å². The number of rotatable bonds is 5. The van der Waals surface area contributed by atoms with Crippen LogP contribution in [0.25, 0.3) is 4.96 Å². The van der Waals surface area contributed by atoms with E-state index >= 15 is 0 Å². The van der Waals surface area contributed by atoms with E-state index in [1.165, 1.54) is 12.8 Å². The zero-order valence-corrected chi connectivity index (χ0v) is 17.8. The van der Waals surface area contributed by atoms with Crippen molar-refractivity contribution >= 4 is 22.2 Å². The molecule has 0 aromatic carbocycles. The number of carbonyl (C=O) groups is 1. The van der Waals surface area contributed by atoms with Gasteiger partial charge in [0.25, 0.3) is 5.91 Å². The first-order valence-corrected chi connectivity index (χ1v) is 11.2. The van der Waals surface area contributed by atoms with Crippen LogP contribution in [-0.2, 0) is 11.3 Å². The molecule has 2 aliphatic rings. The first kappa shape index (κ1) is 19.8. The smallest absolute Gasteiger partial charge is 0.274 e. The fourth-order valence-corrected chi connectivity index (χ4v) is 5.17. The normalized spacial score (nSPS) is 22.6. The molecule has 0 saturated carbocycles. The number of carbonyl (C=O) groups excluding carboxylic acids is 1. The van der Waals surface area contributed by atoms with E-state index in [0.29, 0.717) is 11.6 Å². The monoisotopic (exact) mass is 405 g/mol. The fraction of sp³-hybridized carbons (Fsp3) is 0.700. The van der Waals surface area contributed by atoms with Crippen molar-refractivity contribution in [3.8, 4) is 0 Å². The van der Waals surface area contributed by atoms with E-state index in [-0.39, 0.29) is 5.91 Å². The van der Waals surface area contributed by atoms with E-state index in [4.69, 9.17) is 9.72 Å². The molecule has 1 amide bonds. The Kier molecular flexibility index (Phi) is 6.30. The van der Waals surface area contributed by atoms with Gasteiger partial charge in [0.2, 0.25) is 0 Å². The number of likely N-dealkylation sites (N-methyl/N-ethyl adjacent to an activating group) is 1. The minimum atomic E-state index is 0.0895. The lowest BCUT2D eigenvalue weighted by Crippen LogP contribution is -2.38. The van der Waals surface area contributed by atoms with Gasteiger partial charge < -0.3 is 14.5 Å². The van der Waals surface area contributed by atoms with Gasteiger partial charge in [-0.25, -0.2) is 4.98 Å². The van der Waals surface area contributed by atoms with Gasteiger partial charge in [-0.1, -0.05) is 0 Å². The predicted octanol–water partition coefficient (Wildman–Crippen LogP) is 2.03. The quantitative estimate of drug-likeness (QED) is 0.762. The minimum absolute atomic E-state index is 0.0895. The third-order valence-corrected chi connectivity index (χ3v) is 6.71. The number of hydrogen-bond acceptors (Lipinski definition) is 6. The van der Waals surface area contributed by atoms with Crippen LogP contribution in [0.2, 0.25) is 0 Å². The molecule has 0 N–H and O–H groups in total. The van der Waals surface area contributed by atoms with E-state index in [9.17, 15) is 4.79 Å². The molecular weight excluding hydrogens is 374 g/mol. The molecule has 1 atom stereocenters. The molecule has 0 unspecified atom stereocenters. The van der Waals surface area contributed by atoms with Crippen LogP contribution < -0.4 is 0 Å². The van der Waals surface area contributed by atoms with Crippen LogP contribution in [0.15, 0.2) is 11.6 Å². The number of methoxy groups -OCH3 is 1. The van der Waals surface area contributed by atoms with Crippen LogP contribution in [0.1, 0.15) is 35.4 Å². The molecule has 0 radical (unpaired) electrons. The average molecular weight is 406 g/mol. The third kappa shape index (κ3) is 4.25. The van der Waals surface area contributed by atoms with Crippen molar-refractivity contribution in [1.82, 2.24) is 24.1 Å². The van der Waals surface area contributed by atoms with E-state index in [0.717, 1.165) is 69.5 Å². The Balaban J connectivity index is 1.55. The van der Waals surface area contributed by atoms with Gasteiger partial charge in [0, 0.05) is 51.4 Å². The number of amides is 1. The first-order valence-electron chi connectivity index (χ1n) is 10.3. The molecule has 0 aliphatic carbocycles. The molecule has 2 saturated heterocycles. The van der Waals surface area contributed by atoms with Crippen molar-refractivity contribution in [2.45, 2.75) is 25.8 Å². The lowest BCUT2D eigenvalue weighted by Gasteiger charge is -2.32. The summed E-state index contributed by atoms with van der Waals surface area (Å²) in [6.45, 7) is 7.23. The molecule has 2 fully saturated rings. The number of ether oxygens (including phenoxy) is 1. The second-order valence-corrected chi connectivity index (χ2v) is 8.98. The Bertz CT molecular complexity index is 802. The van der Waals surface area contributed by atoms with Gasteiger partial charge in [-0.2, -0.15) is 0 Å². The number of aromatic nitrogens is 2. The number of imidazole rings is 1. The number of thiazole rings is 1. The molecule has 2 aromatic rings. The molecule has 2 aliphatic heterocycles. The van der Waals surface area contributed by atoms with Crippen LogP contribution in [0.5, 0.6) is 0 Å². The second-order valence-electron chi connectivity index (χ2n) is 8.11. The first-order chi connectivity index (χ1) is 13.7. The van der Waals surface area contributed by atoms with E-state index in [1.807, 2.05) is 16.5 Å². The van der Waals surface area contributed by atoms with E-state index in [2.05, 4.69) is 21.2 Å². The van der Waals surface area contributed by atoms with Crippen molar-refractivity contribution in [1.29, 1.82) is 0 Å². The molecule has 154 valence electrons. The Hall–Kier alpha value is -1.48. The van der Waals surface area contributed by atoms with Gasteiger partial charge in [-0.3, -0.25) is 14.1 Å². The van der Waals surface area contributed by atoms with Crippen LogP contribution in [-0.4, -0.2) is 90.0 Å². The summed E-state index contributed by atoms with van der Waals surface area (Å²) in [4.78, 5) is 25.8. The zero-order chi connectivity index (χ0) is 19.5. The third-order valence-electron chi connectivity index (χ3n) is 5.95. The maximum atomic E-state index is 13.4. The van der Waals surface area contributed by atoms with Gasteiger partial charge >= 0.3 is 0 Å². The number of hydrogen-bond donors (Lipinski definition) is 0. The lowest BCUT2D eigenvalue weighted by atomic mass is 9.99. The molecule has 2 aromatic heterocycles. The minimum Gasteiger partial charge on any atom is -0.384 e. The summed E-state index contributed by atoms with van der Waals surface area (Å²) >= 11 is 1.60. The van der Waals surface area contributed by atoms with Gasteiger partial charge in [-0.05, 0) is 45.3 Å². The number of piperidine rings is 1. The van der Waals surface area contributed by atoms with Crippen LogP contribution in [0.3, 0.4) is 0 Å². The Morgan fingerprint density at radius 2 is 2.14 bits per heavy atom. The molecule has 28 heavy (non-hydrogen) atoms. The van der Waals surface area contributed by atoms with Crippen LogP contribution >= 0.6 is 11.3 Å². The average Bonchev–Trinajstić information content (AvgIpc) is 3.20. The second kappa shape index (κ2) is 8.90. The molecular formula is C20H31N5O2S. The zero-order valence-electron chi connectivity index (χ0n) is 17.0. The van der Waals surface area contributed by atoms with Crippen molar-refractivity contribution in [3.63, 3.8) is 0 Å². The topological polar surface area (TPSA) is 53.3 Å². The summed E-state index contributed by atoms with van der Waals surface area (Å²) in [6.07, 6.45) is 5.47. The molecule has 4 rings (SSSR count). The van der Waals surface area contributed by atoms with Gasteiger partial charge in [0.15, 0.2) is 10.7 Å². The van der Waals surface area contributed by atoms with Crippen molar-refractivity contribution in [2.75, 3.05) is 60.0 Å². The van der Waals surface area contributed by atoms with Gasteiger partial charge in [-0.15, -0.1) is 11.3 Å².